The van der Waals surface area contributed by atoms with Gasteiger partial charge in [0.1, 0.15) is 17.1 Å². The number of aromatic nitrogens is 4. The zero-order valence-electron chi connectivity index (χ0n) is 17.9. The number of rotatable bonds is 7. The molecule has 0 bridgehead atoms. The zero-order valence-corrected chi connectivity index (χ0v) is 17.9. The molecule has 5 N–H and O–H groups in total. The van der Waals surface area contributed by atoms with Gasteiger partial charge in [-0.3, -0.25) is 4.98 Å². The third-order valence-corrected chi connectivity index (χ3v) is 5.38. The Bertz CT molecular complexity index is 1040. The molecule has 164 valence electrons. The summed E-state index contributed by atoms with van der Waals surface area (Å²) in [5.74, 6) is 1.96. The average Bonchev–Trinajstić information content (AvgIpc) is 2.75. The first-order chi connectivity index (χ1) is 14.9. The maximum atomic E-state index is 9.44. The minimum absolute atomic E-state index is 0.0116. The summed E-state index contributed by atoms with van der Waals surface area (Å²) in [6.07, 6.45) is 8.83. The number of anilines is 3. The van der Waals surface area contributed by atoms with Crippen LogP contribution in [-0.2, 0) is 0 Å². The first kappa shape index (κ1) is 21.0. The van der Waals surface area contributed by atoms with Crippen LogP contribution < -0.4 is 21.1 Å². The first-order valence-corrected chi connectivity index (χ1v) is 10.6. The van der Waals surface area contributed by atoms with Crippen molar-refractivity contribution in [3.63, 3.8) is 0 Å². The number of aliphatic hydroxyl groups is 1. The van der Waals surface area contributed by atoms with Gasteiger partial charge in [0, 0.05) is 36.4 Å². The molecule has 4 rings (SSSR count). The van der Waals surface area contributed by atoms with Gasteiger partial charge in [-0.15, -0.1) is 0 Å². The Morgan fingerprint density at radius 2 is 1.87 bits per heavy atom. The molecular formula is C22H29N7O2. The van der Waals surface area contributed by atoms with Gasteiger partial charge in [-0.1, -0.05) is 0 Å². The number of nitrogens with two attached hydrogens (primary N) is 1. The number of nitrogens with zero attached hydrogens (tertiary/aromatic N) is 4. The van der Waals surface area contributed by atoms with Gasteiger partial charge < -0.3 is 26.2 Å². The highest BCUT2D eigenvalue weighted by Gasteiger charge is 2.24. The van der Waals surface area contributed by atoms with Crippen LogP contribution >= 0.6 is 0 Å². The summed E-state index contributed by atoms with van der Waals surface area (Å²) in [4.78, 5) is 17.6. The minimum atomic E-state index is -0.448. The normalized spacial score (nSPS) is 19.2. The highest BCUT2D eigenvalue weighted by molar-refractivity contribution is 5.84. The number of nitrogens with one attached hydrogen (secondary N) is 2. The number of aliphatic hydroxyl groups excluding tert-OH is 1. The van der Waals surface area contributed by atoms with E-state index in [1.165, 1.54) is 0 Å². The Balaban J connectivity index is 1.35. The summed E-state index contributed by atoms with van der Waals surface area (Å²) >= 11 is 0. The molecule has 9 heteroatoms. The van der Waals surface area contributed by atoms with Crippen molar-refractivity contribution in [2.24, 2.45) is 0 Å². The van der Waals surface area contributed by atoms with Gasteiger partial charge in [-0.2, -0.15) is 4.98 Å². The maximum Gasteiger partial charge on any atom is 0.224 e. The topological polar surface area (TPSA) is 131 Å². The van der Waals surface area contributed by atoms with Crippen LogP contribution in [0.4, 0.5) is 17.5 Å². The molecule has 1 aliphatic rings. The first-order valence-electron chi connectivity index (χ1n) is 10.6. The molecule has 1 saturated carbocycles. The van der Waals surface area contributed by atoms with E-state index in [0.29, 0.717) is 23.2 Å². The van der Waals surface area contributed by atoms with Crippen LogP contribution in [0.3, 0.4) is 0 Å². The van der Waals surface area contributed by atoms with Crippen LogP contribution in [0.1, 0.15) is 39.5 Å². The van der Waals surface area contributed by atoms with Crippen LogP contribution in [0, 0.1) is 0 Å². The van der Waals surface area contributed by atoms with Gasteiger partial charge in [0.05, 0.1) is 23.8 Å². The third kappa shape index (κ3) is 5.29. The fourth-order valence-corrected chi connectivity index (χ4v) is 3.72. The molecule has 3 aromatic rings. The van der Waals surface area contributed by atoms with Crippen molar-refractivity contribution in [3.05, 3.63) is 36.8 Å². The summed E-state index contributed by atoms with van der Waals surface area (Å²) in [5, 5.41) is 16.1. The second kappa shape index (κ2) is 8.89. The molecule has 0 unspecified atom stereocenters. The molecule has 0 aliphatic heterocycles. The molecular weight excluding hydrogens is 394 g/mol. The van der Waals surface area contributed by atoms with Crippen LogP contribution in [0.5, 0.6) is 5.75 Å². The minimum Gasteiger partial charge on any atom is -0.488 e. The van der Waals surface area contributed by atoms with Gasteiger partial charge in [-0.05, 0) is 51.7 Å². The quantitative estimate of drug-likeness (QED) is 0.423. The van der Waals surface area contributed by atoms with Gasteiger partial charge in [0.2, 0.25) is 5.95 Å². The number of fused-ring (bicyclic) bond motifs is 1. The lowest BCUT2D eigenvalue weighted by Gasteiger charge is -2.30. The van der Waals surface area contributed by atoms with Gasteiger partial charge in [0.25, 0.3) is 0 Å². The molecule has 31 heavy (non-hydrogen) atoms. The van der Waals surface area contributed by atoms with Crippen molar-refractivity contribution in [3.8, 4) is 5.75 Å². The van der Waals surface area contributed by atoms with E-state index in [1.54, 1.807) is 30.7 Å². The third-order valence-electron chi connectivity index (χ3n) is 5.38. The van der Waals surface area contributed by atoms with Crippen LogP contribution in [0.25, 0.3) is 11.0 Å². The molecule has 1 aromatic carbocycles. The summed E-state index contributed by atoms with van der Waals surface area (Å²) in [5.41, 5.74) is 7.65. The van der Waals surface area contributed by atoms with Crippen molar-refractivity contribution in [2.45, 2.75) is 57.2 Å². The van der Waals surface area contributed by atoms with Crippen molar-refractivity contribution in [2.75, 3.05) is 23.0 Å². The van der Waals surface area contributed by atoms with E-state index in [0.717, 1.165) is 36.7 Å². The molecule has 2 heterocycles. The Morgan fingerprint density at radius 1 is 1.10 bits per heavy atom. The van der Waals surface area contributed by atoms with Crippen molar-refractivity contribution < 1.29 is 9.84 Å². The van der Waals surface area contributed by atoms with Crippen LogP contribution in [0.15, 0.2) is 36.8 Å². The predicted octanol–water partition coefficient (Wildman–Crippen LogP) is 2.99. The van der Waals surface area contributed by atoms with E-state index < -0.39 is 5.54 Å². The molecule has 0 amide bonds. The summed E-state index contributed by atoms with van der Waals surface area (Å²) in [6, 6.07) is 5.70. The number of nitrogen functional groups attached to an aromatic ring is 1. The average molecular weight is 424 g/mol. The molecule has 0 spiro atoms. The highest BCUT2D eigenvalue weighted by atomic mass is 16.5. The lowest BCUT2D eigenvalue weighted by molar-refractivity contribution is 0.152. The molecule has 2 aromatic heterocycles. The molecule has 1 fully saturated rings. The number of ether oxygens (including phenoxy) is 1. The van der Waals surface area contributed by atoms with E-state index in [2.05, 4.69) is 30.6 Å². The molecule has 0 atom stereocenters. The van der Waals surface area contributed by atoms with Gasteiger partial charge in [-0.25, -0.2) is 9.97 Å². The van der Waals surface area contributed by atoms with Gasteiger partial charge >= 0.3 is 0 Å². The predicted molar refractivity (Wildman–Crippen MR) is 121 cm³/mol. The summed E-state index contributed by atoms with van der Waals surface area (Å²) < 4.78 is 6.26. The lowest BCUT2D eigenvalue weighted by atomic mass is 9.93. The standard InChI is InChI=1S/C22H29N7O2/c1-22(2,13-30)29-19-7-8-26-21(28-19)27-15-3-5-16(6-4-15)31-18-12-14(23)11-17-20(18)25-10-9-24-17/h7-12,15-16,30H,3-6,13,23H2,1-2H3,(H2,26,27,28,29). The van der Waals surface area contributed by atoms with E-state index in [1.807, 2.05) is 19.9 Å². The van der Waals surface area contributed by atoms with Crippen LogP contribution in [0.2, 0.25) is 0 Å². The van der Waals surface area contributed by atoms with Crippen molar-refractivity contribution in [1.82, 2.24) is 19.9 Å². The molecule has 1 aliphatic carbocycles. The number of benzene rings is 1. The van der Waals surface area contributed by atoms with Crippen molar-refractivity contribution >= 4 is 28.5 Å². The fraction of sp³-hybridized carbons (Fsp3) is 0.455. The largest absolute Gasteiger partial charge is 0.488 e. The molecule has 0 radical (unpaired) electrons. The fourth-order valence-electron chi connectivity index (χ4n) is 3.72. The molecule has 9 nitrogen and oxygen atoms in total. The van der Waals surface area contributed by atoms with Gasteiger partial charge in [0.15, 0.2) is 0 Å². The smallest absolute Gasteiger partial charge is 0.224 e. The summed E-state index contributed by atoms with van der Waals surface area (Å²) in [7, 11) is 0. The van der Waals surface area contributed by atoms with Crippen molar-refractivity contribution in [1.29, 1.82) is 0 Å². The Labute approximate surface area is 181 Å². The number of hydrogen-bond acceptors (Lipinski definition) is 9. The monoisotopic (exact) mass is 423 g/mol. The highest BCUT2D eigenvalue weighted by Crippen LogP contribution is 2.30. The Hall–Kier alpha value is -3.20. The summed E-state index contributed by atoms with van der Waals surface area (Å²) in [6.45, 7) is 3.84. The zero-order chi connectivity index (χ0) is 21.8. The Morgan fingerprint density at radius 3 is 2.65 bits per heavy atom. The lowest BCUT2D eigenvalue weighted by Crippen LogP contribution is -2.35. The number of hydrogen-bond donors (Lipinski definition) is 4. The van der Waals surface area contributed by atoms with E-state index >= 15 is 0 Å². The van der Waals surface area contributed by atoms with E-state index in [9.17, 15) is 5.11 Å². The van der Waals surface area contributed by atoms with E-state index in [-0.39, 0.29) is 18.8 Å². The maximum absolute atomic E-state index is 9.44. The second-order valence-electron chi connectivity index (χ2n) is 8.61. The SMILES string of the molecule is CC(C)(CO)Nc1ccnc(NC2CCC(Oc3cc(N)cc4nccnc34)CC2)n1. The second-order valence-corrected chi connectivity index (χ2v) is 8.61. The Kier molecular flexibility index (Phi) is 6.03. The molecule has 0 saturated heterocycles. The van der Waals surface area contributed by atoms with Crippen LogP contribution in [-0.4, -0.2) is 49.3 Å². The van der Waals surface area contributed by atoms with E-state index in [4.69, 9.17) is 10.5 Å².